The van der Waals surface area contributed by atoms with Gasteiger partial charge >= 0.3 is 5.96 Å². The van der Waals surface area contributed by atoms with E-state index in [2.05, 4.69) is 16.0 Å². The van der Waals surface area contributed by atoms with E-state index in [1.807, 2.05) is 0 Å². The Balaban J connectivity index is 2.54. The van der Waals surface area contributed by atoms with Gasteiger partial charge in [-0.25, -0.2) is 0 Å². The fourth-order valence-electron chi connectivity index (χ4n) is 2.06. The van der Waals surface area contributed by atoms with Gasteiger partial charge in [-0.05, 0) is 30.5 Å². The molecule has 0 saturated heterocycles. The topological polar surface area (TPSA) is 183 Å². The number of carboxylic acid groups (broad SMARTS) is 1. The van der Waals surface area contributed by atoms with Crippen LogP contribution in [0.2, 0.25) is 0 Å². The molecule has 10 N–H and O–H groups in total. The molecule has 1 aromatic rings. The molecule has 24 heavy (non-hydrogen) atoms. The Labute approximate surface area is 139 Å². The maximum Gasteiger partial charge on any atom is 0.338 e. The van der Waals surface area contributed by atoms with Gasteiger partial charge in [0.25, 0.3) is 5.91 Å². The third-order valence-electron chi connectivity index (χ3n) is 3.41. The number of benzene rings is 1. The lowest BCUT2D eigenvalue weighted by molar-refractivity contribution is -0.463. The minimum Gasteiger partial charge on any atom is -0.548 e. The summed E-state index contributed by atoms with van der Waals surface area (Å²) >= 11 is 0. The molecule has 0 radical (unpaired) electrons. The van der Waals surface area contributed by atoms with Gasteiger partial charge in [0.05, 0.1) is 18.6 Å². The van der Waals surface area contributed by atoms with E-state index < -0.39 is 24.0 Å². The lowest BCUT2D eigenvalue weighted by Crippen LogP contribution is -2.78. The van der Waals surface area contributed by atoms with Crippen molar-refractivity contribution in [1.82, 2.24) is 5.32 Å². The summed E-state index contributed by atoms with van der Waals surface area (Å²) in [5.74, 6) is -1.66. The Morgan fingerprint density at radius 3 is 2.46 bits per heavy atom. The van der Waals surface area contributed by atoms with Gasteiger partial charge in [0.2, 0.25) is 0 Å². The number of nitrogens with one attached hydrogen (secondary N) is 2. The van der Waals surface area contributed by atoms with Crippen LogP contribution in [0.25, 0.3) is 0 Å². The van der Waals surface area contributed by atoms with E-state index in [9.17, 15) is 19.8 Å². The normalized spacial score (nSPS) is 12.9. The Morgan fingerprint density at radius 2 is 1.92 bits per heavy atom. The SMILES string of the molecule is NC(N)=[NH+]CCC[C@H]([NH3+])C(=O)N[C@@H](Cc1ccc(O)cc1)C(=O)[O-]. The highest BCUT2D eigenvalue weighted by molar-refractivity contribution is 5.85. The molecule has 0 unspecified atom stereocenters. The zero-order chi connectivity index (χ0) is 18.1. The minimum atomic E-state index is -1.38. The second-order valence-electron chi connectivity index (χ2n) is 5.47. The first-order chi connectivity index (χ1) is 11.3. The number of aliphatic carboxylic acids is 1. The van der Waals surface area contributed by atoms with Crippen LogP contribution in [-0.4, -0.2) is 41.6 Å². The summed E-state index contributed by atoms with van der Waals surface area (Å²) in [6.45, 7) is 0.499. The summed E-state index contributed by atoms with van der Waals surface area (Å²) in [5, 5.41) is 22.9. The molecule has 1 amide bonds. The number of carbonyl (C=O) groups is 2. The molecule has 9 nitrogen and oxygen atoms in total. The number of hydrogen-bond acceptors (Lipinski definition) is 4. The molecule has 0 aromatic heterocycles. The Bertz CT molecular complexity index is 584. The van der Waals surface area contributed by atoms with Crippen LogP contribution in [0.1, 0.15) is 18.4 Å². The van der Waals surface area contributed by atoms with Crippen molar-refractivity contribution in [3.8, 4) is 5.75 Å². The first-order valence-electron chi connectivity index (χ1n) is 7.53. The molecule has 0 aliphatic heterocycles. The highest BCUT2D eigenvalue weighted by Gasteiger charge is 2.21. The molecular formula is C15H24N5O4+. The number of carbonyl (C=O) groups excluding carboxylic acids is 2. The monoisotopic (exact) mass is 338 g/mol. The molecule has 1 rings (SSSR count). The average molecular weight is 338 g/mol. The summed E-state index contributed by atoms with van der Waals surface area (Å²) in [6.07, 6.45) is 1.11. The molecule has 1 aromatic carbocycles. The van der Waals surface area contributed by atoms with Crippen LogP contribution in [0.15, 0.2) is 24.3 Å². The number of carboxylic acids is 1. The first-order valence-corrected chi connectivity index (χ1v) is 7.53. The van der Waals surface area contributed by atoms with Gasteiger partial charge < -0.3 is 26.1 Å². The highest BCUT2D eigenvalue weighted by Crippen LogP contribution is 2.11. The van der Waals surface area contributed by atoms with Crippen molar-refractivity contribution in [1.29, 1.82) is 0 Å². The van der Waals surface area contributed by atoms with Gasteiger partial charge in [-0.1, -0.05) is 12.1 Å². The summed E-state index contributed by atoms with van der Waals surface area (Å²) in [6, 6.07) is 4.28. The van der Waals surface area contributed by atoms with E-state index in [1.54, 1.807) is 12.1 Å². The number of quaternary nitrogens is 1. The summed E-state index contributed by atoms with van der Waals surface area (Å²) in [5.41, 5.74) is 14.9. The quantitative estimate of drug-likeness (QED) is 0.149. The maximum absolute atomic E-state index is 12.1. The molecule has 0 fully saturated rings. The zero-order valence-corrected chi connectivity index (χ0v) is 13.3. The standard InChI is InChI=1S/C15H23N5O4/c16-11(2-1-7-19-15(17)18)13(22)20-12(14(23)24)8-9-3-5-10(21)6-4-9/h3-6,11-12,21H,1-2,7-8,16H2,(H,20,22)(H,23,24)(H4,17,18,19)/p+1/t11-,12-/m0/s1. The Kier molecular flexibility index (Phi) is 7.50. The van der Waals surface area contributed by atoms with E-state index in [0.717, 1.165) is 0 Å². The maximum atomic E-state index is 12.1. The third kappa shape index (κ3) is 6.97. The molecule has 0 heterocycles. The predicted octanol–water partition coefficient (Wildman–Crippen LogP) is -5.09. The molecule has 0 saturated carbocycles. The Morgan fingerprint density at radius 1 is 1.29 bits per heavy atom. The molecule has 0 bridgehead atoms. The van der Waals surface area contributed by atoms with Gasteiger partial charge in [0, 0.05) is 6.42 Å². The van der Waals surface area contributed by atoms with Crippen molar-refractivity contribution in [3.63, 3.8) is 0 Å². The molecule has 9 heteroatoms. The largest absolute Gasteiger partial charge is 0.548 e. The lowest BCUT2D eigenvalue weighted by atomic mass is 10.0. The van der Waals surface area contributed by atoms with Crippen LogP contribution in [0.5, 0.6) is 5.75 Å². The van der Waals surface area contributed by atoms with E-state index in [1.165, 1.54) is 12.1 Å². The molecule has 132 valence electrons. The number of hydrogen-bond donors (Lipinski definition) is 6. The van der Waals surface area contributed by atoms with Gasteiger partial charge in [0.15, 0.2) is 6.04 Å². The van der Waals surface area contributed by atoms with Gasteiger partial charge in [0.1, 0.15) is 5.75 Å². The van der Waals surface area contributed by atoms with Crippen LogP contribution in [0.4, 0.5) is 0 Å². The average Bonchev–Trinajstić information content (AvgIpc) is 2.52. The first kappa shape index (κ1) is 19.2. The van der Waals surface area contributed by atoms with Crippen LogP contribution in [-0.2, 0) is 16.0 Å². The summed E-state index contributed by atoms with van der Waals surface area (Å²) in [7, 11) is 0. The highest BCUT2D eigenvalue weighted by atomic mass is 16.4. The molecular weight excluding hydrogens is 314 g/mol. The van der Waals surface area contributed by atoms with Crippen molar-refractivity contribution < 1.29 is 30.5 Å². The number of phenols is 1. The number of nitrogens with two attached hydrogens (primary N) is 2. The zero-order valence-electron chi connectivity index (χ0n) is 13.3. The number of phenolic OH excluding ortho intramolecular Hbond substituents is 1. The van der Waals surface area contributed by atoms with E-state index in [4.69, 9.17) is 11.5 Å². The van der Waals surface area contributed by atoms with Crippen LogP contribution < -0.4 is 32.6 Å². The molecule has 0 aliphatic rings. The molecule has 0 spiro atoms. The fraction of sp³-hybridized carbons (Fsp3) is 0.400. The predicted molar refractivity (Wildman–Crippen MR) is 83.9 cm³/mol. The van der Waals surface area contributed by atoms with E-state index >= 15 is 0 Å². The minimum absolute atomic E-state index is 0.0568. The van der Waals surface area contributed by atoms with Crippen molar-refractivity contribution >= 4 is 17.8 Å². The number of guanidine groups is 1. The van der Waals surface area contributed by atoms with Gasteiger partial charge in [-0.15, -0.1) is 0 Å². The van der Waals surface area contributed by atoms with Crippen LogP contribution in [0, 0.1) is 0 Å². The van der Waals surface area contributed by atoms with Crippen molar-refractivity contribution in [2.45, 2.75) is 31.3 Å². The molecule has 0 aliphatic carbocycles. The summed E-state index contributed by atoms with van der Waals surface area (Å²) < 4.78 is 0. The van der Waals surface area contributed by atoms with Crippen molar-refractivity contribution in [3.05, 3.63) is 29.8 Å². The third-order valence-corrected chi connectivity index (χ3v) is 3.41. The van der Waals surface area contributed by atoms with Gasteiger partial charge in [-0.3, -0.25) is 21.3 Å². The van der Waals surface area contributed by atoms with Crippen molar-refractivity contribution in [2.24, 2.45) is 11.5 Å². The molecule has 2 atom stereocenters. The van der Waals surface area contributed by atoms with Crippen LogP contribution >= 0.6 is 0 Å². The number of aromatic hydroxyl groups is 1. The second kappa shape index (κ2) is 9.36. The van der Waals surface area contributed by atoms with Gasteiger partial charge in [-0.2, -0.15) is 0 Å². The van der Waals surface area contributed by atoms with E-state index in [-0.39, 0.29) is 18.1 Å². The van der Waals surface area contributed by atoms with E-state index in [0.29, 0.717) is 24.9 Å². The number of rotatable bonds is 9. The number of amides is 1. The summed E-state index contributed by atoms with van der Waals surface area (Å²) in [4.78, 5) is 26.0. The smallest absolute Gasteiger partial charge is 0.338 e. The fourth-order valence-corrected chi connectivity index (χ4v) is 2.06. The van der Waals surface area contributed by atoms with Crippen molar-refractivity contribution in [2.75, 3.05) is 6.54 Å². The Hall–Kier alpha value is -2.81. The second-order valence-corrected chi connectivity index (χ2v) is 5.47. The lowest BCUT2D eigenvalue weighted by Gasteiger charge is -2.21. The van der Waals surface area contributed by atoms with Crippen LogP contribution in [0.3, 0.4) is 0 Å².